The van der Waals surface area contributed by atoms with Crippen LogP contribution >= 0.6 is 0 Å². The molecule has 0 bridgehead atoms. The van der Waals surface area contributed by atoms with Gasteiger partial charge in [-0.3, -0.25) is 4.98 Å². The van der Waals surface area contributed by atoms with Crippen molar-refractivity contribution >= 4 is 5.69 Å². The van der Waals surface area contributed by atoms with Gasteiger partial charge in [0, 0.05) is 30.5 Å². The lowest BCUT2D eigenvalue weighted by Crippen LogP contribution is -2.22. The van der Waals surface area contributed by atoms with Gasteiger partial charge in [0.2, 0.25) is 0 Å². The first-order valence-corrected chi connectivity index (χ1v) is 9.40. The van der Waals surface area contributed by atoms with E-state index in [0.717, 1.165) is 24.4 Å². The lowest BCUT2D eigenvalue weighted by atomic mass is 9.91. The summed E-state index contributed by atoms with van der Waals surface area (Å²) >= 11 is 0. The molecule has 26 heavy (non-hydrogen) atoms. The highest BCUT2D eigenvalue weighted by atomic mass is 15.1. The summed E-state index contributed by atoms with van der Waals surface area (Å²) in [5.74, 6) is 0.543. The van der Waals surface area contributed by atoms with Crippen LogP contribution in [0.25, 0.3) is 11.1 Å². The van der Waals surface area contributed by atoms with Crippen LogP contribution < -0.4 is 10.6 Å². The molecule has 3 heteroatoms. The van der Waals surface area contributed by atoms with Gasteiger partial charge in [-0.15, -0.1) is 0 Å². The van der Waals surface area contributed by atoms with Gasteiger partial charge in [0.05, 0.1) is 11.4 Å². The summed E-state index contributed by atoms with van der Waals surface area (Å²) in [4.78, 5) is 7.26. The summed E-state index contributed by atoms with van der Waals surface area (Å²) < 4.78 is 0. The van der Waals surface area contributed by atoms with Crippen LogP contribution in [-0.4, -0.2) is 11.5 Å². The second-order valence-electron chi connectivity index (χ2n) is 7.44. The predicted molar refractivity (Wildman–Crippen MR) is 111 cm³/mol. The van der Waals surface area contributed by atoms with Crippen LogP contribution in [0.4, 0.5) is 5.69 Å². The van der Waals surface area contributed by atoms with Crippen molar-refractivity contribution in [2.45, 2.75) is 40.7 Å². The fourth-order valence-electron chi connectivity index (χ4n) is 3.58. The second-order valence-corrected chi connectivity index (χ2v) is 7.44. The minimum atomic E-state index is 0.499. The summed E-state index contributed by atoms with van der Waals surface area (Å²) in [6.07, 6.45) is 9.41. The van der Waals surface area contributed by atoms with E-state index in [4.69, 9.17) is 10.7 Å². The summed E-state index contributed by atoms with van der Waals surface area (Å²) in [6, 6.07) is 8.75. The number of aryl methyl sites for hydroxylation is 2. The molecule has 1 aliphatic heterocycles. The van der Waals surface area contributed by atoms with Crippen LogP contribution in [0.15, 0.2) is 48.7 Å². The van der Waals surface area contributed by atoms with E-state index in [-0.39, 0.29) is 0 Å². The number of hydrogen-bond acceptors (Lipinski definition) is 3. The van der Waals surface area contributed by atoms with Gasteiger partial charge in [-0.2, -0.15) is 0 Å². The first kappa shape index (κ1) is 18.4. The minimum Gasteiger partial charge on any atom is -0.342 e. The molecule has 1 aliphatic rings. The Morgan fingerprint density at radius 1 is 1.12 bits per heavy atom. The van der Waals surface area contributed by atoms with Crippen molar-refractivity contribution < 1.29 is 0 Å². The highest BCUT2D eigenvalue weighted by molar-refractivity contribution is 5.84. The Morgan fingerprint density at radius 2 is 1.85 bits per heavy atom. The SMILES string of the molecule is Cc1ccc(-c2c(CN)c(CC(C)C)nc(C)c2N2C=CC=CC2)cc1. The zero-order valence-electron chi connectivity index (χ0n) is 16.3. The quantitative estimate of drug-likeness (QED) is 0.835. The second kappa shape index (κ2) is 7.88. The van der Waals surface area contributed by atoms with Crippen molar-refractivity contribution in [3.8, 4) is 11.1 Å². The number of pyridine rings is 1. The van der Waals surface area contributed by atoms with Crippen molar-refractivity contribution in [3.05, 3.63) is 71.2 Å². The van der Waals surface area contributed by atoms with Gasteiger partial charge in [-0.1, -0.05) is 55.8 Å². The molecule has 0 aliphatic carbocycles. The van der Waals surface area contributed by atoms with Gasteiger partial charge in [0.25, 0.3) is 0 Å². The molecule has 0 saturated carbocycles. The van der Waals surface area contributed by atoms with Crippen LogP contribution in [0.1, 0.15) is 36.4 Å². The topological polar surface area (TPSA) is 42.1 Å². The van der Waals surface area contributed by atoms with Gasteiger partial charge in [0.1, 0.15) is 0 Å². The Labute approximate surface area is 157 Å². The van der Waals surface area contributed by atoms with E-state index >= 15 is 0 Å². The van der Waals surface area contributed by atoms with E-state index in [1.54, 1.807) is 0 Å². The first-order chi connectivity index (χ1) is 12.5. The number of rotatable bonds is 5. The maximum absolute atomic E-state index is 6.25. The van der Waals surface area contributed by atoms with E-state index in [1.807, 2.05) is 0 Å². The first-order valence-electron chi connectivity index (χ1n) is 9.40. The van der Waals surface area contributed by atoms with Crippen molar-refractivity contribution in [2.24, 2.45) is 11.7 Å². The van der Waals surface area contributed by atoms with Crippen molar-refractivity contribution in [2.75, 3.05) is 11.4 Å². The molecule has 2 heterocycles. The molecule has 0 atom stereocenters. The third-order valence-corrected chi connectivity index (χ3v) is 4.78. The molecule has 0 saturated heterocycles. The zero-order chi connectivity index (χ0) is 18.7. The lowest BCUT2D eigenvalue weighted by Gasteiger charge is -2.28. The van der Waals surface area contributed by atoms with Gasteiger partial charge in [-0.05, 0) is 43.4 Å². The van der Waals surface area contributed by atoms with Crippen LogP contribution in [0, 0.1) is 19.8 Å². The van der Waals surface area contributed by atoms with E-state index in [9.17, 15) is 0 Å². The molecule has 3 nitrogen and oxygen atoms in total. The Balaban J connectivity index is 2.26. The van der Waals surface area contributed by atoms with Crippen molar-refractivity contribution in [1.82, 2.24) is 4.98 Å². The largest absolute Gasteiger partial charge is 0.342 e. The molecular formula is C23H29N3. The average molecular weight is 348 g/mol. The number of anilines is 1. The van der Waals surface area contributed by atoms with Crippen LogP contribution in [-0.2, 0) is 13.0 Å². The number of allylic oxidation sites excluding steroid dienone is 2. The Bertz CT molecular complexity index is 830. The third kappa shape index (κ3) is 3.73. The van der Waals surface area contributed by atoms with Gasteiger partial charge >= 0.3 is 0 Å². The molecule has 1 aromatic carbocycles. The van der Waals surface area contributed by atoms with Gasteiger partial charge < -0.3 is 10.6 Å². The van der Waals surface area contributed by atoms with Crippen molar-refractivity contribution in [1.29, 1.82) is 0 Å². The number of hydrogen-bond donors (Lipinski definition) is 1. The monoisotopic (exact) mass is 347 g/mol. The molecule has 136 valence electrons. The summed E-state index contributed by atoms with van der Waals surface area (Å²) in [5, 5.41) is 0. The molecule has 2 N–H and O–H groups in total. The predicted octanol–water partition coefficient (Wildman–Crippen LogP) is 4.91. The van der Waals surface area contributed by atoms with Crippen LogP contribution in [0.2, 0.25) is 0 Å². The minimum absolute atomic E-state index is 0.499. The molecular weight excluding hydrogens is 318 g/mol. The molecule has 0 amide bonds. The summed E-state index contributed by atoms with van der Waals surface area (Å²) in [6.45, 7) is 10.0. The number of benzene rings is 1. The Hall–Kier alpha value is -2.39. The molecule has 0 unspecified atom stereocenters. The summed E-state index contributed by atoms with van der Waals surface area (Å²) in [5.41, 5.74) is 14.5. The Kier molecular flexibility index (Phi) is 5.58. The molecule has 2 aromatic rings. The molecule has 1 aromatic heterocycles. The molecule has 0 spiro atoms. The molecule has 0 radical (unpaired) electrons. The van der Waals surface area contributed by atoms with E-state index in [2.05, 4.69) is 81.3 Å². The lowest BCUT2D eigenvalue weighted by molar-refractivity contribution is 0.628. The zero-order valence-corrected chi connectivity index (χ0v) is 16.3. The number of nitrogens with zero attached hydrogens (tertiary/aromatic N) is 2. The van der Waals surface area contributed by atoms with Crippen LogP contribution in [0.3, 0.4) is 0 Å². The highest BCUT2D eigenvalue weighted by Crippen LogP contribution is 2.38. The Morgan fingerprint density at radius 3 is 2.42 bits per heavy atom. The average Bonchev–Trinajstić information content (AvgIpc) is 2.62. The standard InChI is InChI=1S/C23H29N3/c1-16(2)14-21-20(15-24)22(19-10-8-17(3)9-11-19)23(18(4)25-21)26-12-6-5-7-13-26/h5-12,16H,13-15,24H2,1-4H3. The highest BCUT2D eigenvalue weighted by Gasteiger charge is 2.22. The van der Waals surface area contributed by atoms with E-state index in [0.29, 0.717) is 12.5 Å². The van der Waals surface area contributed by atoms with Gasteiger partial charge in [-0.25, -0.2) is 0 Å². The fourth-order valence-corrected chi connectivity index (χ4v) is 3.58. The summed E-state index contributed by atoms with van der Waals surface area (Å²) in [7, 11) is 0. The van der Waals surface area contributed by atoms with E-state index in [1.165, 1.54) is 27.9 Å². The molecule has 0 fully saturated rings. The van der Waals surface area contributed by atoms with Crippen molar-refractivity contribution in [3.63, 3.8) is 0 Å². The number of aromatic nitrogens is 1. The normalized spacial score (nSPS) is 13.7. The fraction of sp³-hybridized carbons (Fsp3) is 0.348. The molecule has 3 rings (SSSR count). The van der Waals surface area contributed by atoms with E-state index < -0.39 is 0 Å². The smallest absolute Gasteiger partial charge is 0.0708 e. The maximum atomic E-state index is 6.25. The van der Waals surface area contributed by atoms with Crippen LogP contribution in [0.5, 0.6) is 0 Å². The maximum Gasteiger partial charge on any atom is 0.0708 e. The third-order valence-electron chi connectivity index (χ3n) is 4.78. The number of nitrogens with two attached hydrogens (primary N) is 1. The van der Waals surface area contributed by atoms with Gasteiger partial charge in [0.15, 0.2) is 0 Å².